The van der Waals surface area contributed by atoms with Gasteiger partial charge in [0.2, 0.25) is 0 Å². The number of carbonyl (C=O) groups excluding carboxylic acids is 1. The van der Waals surface area contributed by atoms with Crippen molar-refractivity contribution < 1.29 is 4.79 Å². The molecule has 1 N–H and O–H groups in total. The molecule has 140 valence electrons. The predicted molar refractivity (Wildman–Crippen MR) is 107 cm³/mol. The quantitative estimate of drug-likeness (QED) is 0.847. The van der Waals surface area contributed by atoms with Crippen LogP contribution in [0, 0.1) is 0 Å². The fourth-order valence-electron chi connectivity index (χ4n) is 4.08. The van der Waals surface area contributed by atoms with Gasteiger partial charge in [-0.1, -0.05) is 18.7 Å². The van der Waals surface area contributed by atoms with E-state index < -0.39 is 0 Å². The van der Waals surface area contributed by atoms with Crippen LogP contribution in [0.3, 0.4) is 0 Å². The highest BCUT2D eigenvalue weighted by atomic mass is 16.2. The number of nitrogens with zero attached hydrogens (tertiary/aromatic N) is 4. The first-order valence-electron chi connectivity index (χ1n) is 9.42. The van der Waals surface area contributed by atoms with Crippen molar-refractivity contribution >= 4 is 17.2 Å². The van der Waals surface area contributed by atoms with Crippen LogP contribution >= 0.6 is 0 Å². The number of nitrogens with one attached hydrogen (secondary N) is 1. The maximum absolute atomic E-state index is 12.9. The molecule has 1 aromatic carbocycles. The molecule has 2 heterocycles. The summed E-state index contributed by atoms with van der Waals surface area (Å²) in [6.07, 6.45) is 9.40. The van der Waals surface area contributed by atoms with Crippen LogP contribution in [0.1, 0.15) is 31.2 Å². The summed E-state index contributed by atoms with van der Waals surface area (Å²) >= 11 is 0. The summed E-state index contributed by atoms with van der Waals surface area (Å²) in [5, 5.41) is 1.68. The van der Waals surface area contributed by atoms with Crippen molar-refractivity contribution in [1.29, 1.82) is 0 Å². The number of fused-ring (bicyclic) bond motifs is 1. The molecule has 4 rings (SSSR count). The van der Waals surface area contributed by atoms with E-state index in [1.54, 1.807) is 23.6 Å². The smallest absolute Gasteiger partial charge is 0.272 e. The standard InChI is InChI=1S/C21H25N5O/c1-14-20-17(18-13-22-11-12-23-18)5-4-6-19(20)26(21(14)27)24-15-7-9-16(10-8-15)25(2)3/h4-6,11-13,15-16,24H,1,7-10H2,2-3H3. The number of hydrazine groups is 1. The summed E-state index contributed by atoms with van der Waals surface area (Å²) in [6, 6.07) is 6.80. The van der Waals surface area contributed by atoms with E-state index in [-0.39, 0.29) is 5.91 Å². The van der Waals surface area contributed by atoms with Gasteiger partial charge in [0.15, 0.2) is 0 Å². The van der Waals surface area contributed by atoms with E-state index in [2.05, 4.69) is 41.0 Å². The van der Waals surface area contributed by atoms with Crippen molar-refractivity contribution in [2.75, 3.05) is 19.1 Å². The SMILES string of the molecule is C=C1C(=O)N(NC2CCC(N(C)C)CC2)c2cccc(-c3cnccn3)c21. The Morgan fingerprint density at radius 3 is 2.63 bits per heavy atom. The normalized spacial score (nSPS) is 22.4. The van der Waals surface area contributed by atoms with Gasteiger partial charge < -0.3 is 4.90 Å². The number of carbonyl (C=O) groups is 1. The zero-order valence-corrected chi connectivity index (χ0v) is 15.9. The Morgan fingerprint density at radius 2 is 1.96 bits per heavy atom. The third-order valence-electron chi connectivity index (χ3n) is 5.62. The van der Waals surface area contributed by atoms with Gasteiger partial charge in [-0.05, 0) is 45.8 Å². The molecule has 0 spiro atoms. The Kier molecular flexibility index (Phi) is 4.76. The van der Waals surface area contributed by atoms with Gasteiger partial charge in [-0.15, -0.1) is 0 Å². The van der Waals surface area contributed by atoms with E-state index in [0.717, 1.165) is 48.2 Å². The van der Waals surface area contributed by atoms with Crippen LogP contribution in [0.15, 0.2) is 43.4 Å². The van der Waals surface area contributed by atoms with Crippen molar-refractivity contribution in [3.63, 3.8) is 0 Å². The first-order chi connectivity index (χ1) is 13.1. The summed E-state index contributed by atoms with van der Waals surface area (Å²) in [5.41, 5.74) is 7.29. The predicted octanol–water partition coefficient (Wildman–Crippen LogP) is 2.88. The summed E-state index contributed by atoms with van der Waals surface area (Å²) < 4.78 is 0. The topological polar surface area (TPSA) is 61.4 Å². The van der Waals surface area contributed by atoms with Crippen LogP contribution < -0.4 is 10.4 Å². The van der Waals surface area contributed by atoms with E-state index in [4.69, 9.17) is 0 Å². The van der Waals surface area contributed by atoms with Gasteiger partial charge >= 0.3 is 0 Å². The molecule has 1 amide bonds. The summed E-state index contributed by atoms with van der Waals surface area (Å²) in [6.45, 7) is 4.06. The van der Waals surface area contributed by atoms with Crippen LogP contribution in [0.4, 0.5) is 5.69 Å². The summed E-state index contributed by atoms with van der Waals surface area (Å²) in [7, 11) is 4.27. The lowest BCUT2D eigenvalue weighted by molar-refractivity contribution is -0.113. The molecular formula is C21H25N5O. The van der Waals surface area contributed by atoms with Crippen LogP contribution in [0.25, 0.3) is 16.8 Å². The number of anilines is 1. The molecule has 0 unspecified atom stereocenters. The highest BCUT2D eigenvalue weighted by Gasteiger charge is 2.35. The van der Waals surface area contributed by atoms with Crippen molar-refractivity contribution in [1.82, 2.24) is 20.3 Å². The third-order valence-corrected chi connectivity index (χ3v) is 5.62. The Labute approximate surface area is 159 Å². The molecule has 1 aliphatic heterocycles. The van der Waals surface area contributed by atoms with Gasteiger partial charge in [0.1, 0.15) is 0 Å². The second-order valence-corrected chi connectivity index (χ2v) is 7.51. The molecule has 1 aliphatic carbocycles. The zero-order valence-electron chi connectivity index (χ0n) is 15.9. The lowest BCUT2D eigenvalue weighted by Crippen LogP contribution is -2.49. The van der Waals surface area contributed by atoms with Gasteiger partial charge in [-0.2, -0.15) is 0 Å². The molecule has 27 heavy (non-hydrogen) atoms. The first kappa shape index (κ1) is 17.8. The van der Waals surface area contributed by atoms with Gasteiger partial charge in [-0.25, -0.2) is 10.4 Å². The number of rotatable bonds is 4. The average Bonchev–Trinajstić information content (AvgIpc) is 2.94. The van der Waals surface area contributed by atoms with Crippen molar-refractivity contribution in [3.05, 3.63) is 48.9 Å². The maximum atomic E-state index is 12.9. The fourth-order valence-corrected chi connectivity index (χ4v) is 4.08. The highest BCUT2D eigenvalue weighted by molar-refractivity contribution is 6.33. The fraction of sp³-hybridized carbons (Fsp3) is 0.381. The number of hydrogen-bond acceptors (Lipinski definition) is 5. The molecule has 2 aliphatic rings. The Balaban J connectivity index is 1.59. The molecule has 6 nitrogen and oxygen atoms in total. The van der Waals surface area contributed by atoms with Crippen LogP contribution in [-0.2, 0) is 4.79 Å². The number of benzene rings is 1. The molecule has 0 atom stereocenters. The summed E-state index contributed by atoms with van der Waals surface area (Å²) in [5.74, 6) is -0.0870. The minimum atomic E-state index is -0.0870. The van der Waals surface area contributed by atoms with E-state index in [9.17, 15) is 4.79 Å². The van der Waals surface area contributed by atoms with Crippen molar-refractivity contribution in [2.45, 2.75) is 37.8 Å². The molecule has 0 bridgehead atoms. The van der Waals surface area contributed by atoms with Gasteiger partial charge in [-0.3, -0.25) is 14.8 Å². The Morgan fingerprint density at radius 1 is 1.19 bits per heavy atom. The van der Waals surface area contributed by atoms with E-state index in [1.165, 1.54) is 0 Å². The van der Waals surface area contributed by atoms with E-state index >= 15 is 0 Å². The van der Waals surface area contributed by atoms with Gasteiger partial charge in [0.05, 0.1) is 17.6 Å². The third kappa shape index (κ3) is 3.26. The number of hydrogen-bond donors (Lipinski definition) is 1. The molecule has 2 aromatic rings. The van der Waals surface area contributed by atoms with E-state index in [0.29, 0.717) is 17.7 Å². The summed E-state index contributed by atoms with van der Waals surface area (Å²) in [4.78, 5) is 23.8. The van der Waals surface area contributed by atoms with Gasteiger partial charge in [0.25, 0.3) is 5.91 Å². The first-order valence-corrected chi connectivity index (χ1v) is 9.42. The molecule has 6 heteroatoms. The molecule has 1 aromatic heterocycles. The zero-order chi connectivity index (χ0) is 19.0. The average molecular weight is 363 g/mol. The molecule has 1 fully saturated rings. The van der Waals surface area contributed by atoms with E-state index in [1.807, 2.05) is 18.2 Å². The second kappa shape index (κ2) is 7.21. The lowest BCUT2D eigenvalue weighted by atomic mass is 9.91. The number of aromatic nitrogens is 2. The lowest BCUT2D eigenvalue weighted by Gasteiger charge is -2.35. The largest absolute Gasteiger partial charge is 0.306 e. The molecular weight excluding hydrogens is 338 g/mol. The highest BCUT2D eigenvalue weighted by Crippen LogP contribution is 2.41. The Bertz CT molecular complexity index is 856. The van der Waals surface area contributed by atoms with Gasteiger partial charge in [0, 0.05) is 41.2 Å². The maximum Gasteiger partial charge on any atom is 0.272 e. The minimum absolute atomic E-state index is 0.0870. The van der Waals surface area contributed by atoms with Crippen LogP contribution in [-0.4, -0.2) is 47.0 Å². The molecule has 1 saturated carbocycles. The molecule has 0 radical (unpaired) electrons. The Hall–Kier alpha value is -2.57. The van der Waals surface area contributed by atoms with Crippen molar-refractivity contribution in [3.8, 4) is 11.3 Å². The second-order valence-electron chi connectivity index (χ2n) is 7.51. The van der Waals surface area contributed by atoms with Crippen molar-refractivity contribution in [2.24, 2.45) is 0 Å². The minimum Gasteiger partial charge on any atom is -0.306 e. The monoisotopic (exact) mass is 363 g/mol. The van der Waals surface area contributed by atoms with Crippen LogP contribution in [0.5, 0.6) is 0 Å². The van der Waals surface area contributed by atoms with Crippen LogP contribution in [0.2, 0.25) is 0 Å². The molecule has 0 saturated heterocycles. The number of amides is 1.